The van der Waals surface area contributed by atoms with E-state index < -0.39 is 0 Å². The lowest BCUT2D eigenvalue weighted by Crippen LogP contribution is -2.25. The highest BCUT2D eigenvalue weighted by atomic mass is 35.5. The van der Waals surface area contributed by atoms with Gasteiger partial charge in [-0.15, -0.1) is 5.10 Å². The van der Waals surface area contributed by atoms with Gasteiger partial charge in [0, 0.05) is 16.8 Å². The SMILES string of the molecule is O=c1[nH]nc(SCc2ccc(Cl)cc2)n1[C@H]1C[C@H]2C=C[C@@H]1C2. The highest BCUT2D eigenvalue weighted by molar-refractivity contribution is 7.98. The van der Waals surface area contributed by atoms with E-state index in [1.807, 2.05) is 28.8 Å². The monoisotopic (exact) mass is 333 g/mol. The number of benzene rings is 1. The third kappa shape index (κ3) is 2.52. The first-order valence-electron chi connectivity index (χ1n) is 7.43. The van der Waals surface area contributed by atoms with E-state index in [1.165, 1.54) is 12.0 Å². The van der Waals surface area contributed by atoms with Gasteiger partial charge in [0.25, 0.3) is 0 Å². The smallest absolute Gasteiger partial charge is 0.266 e. The minimum Gasteiger partial charge on any atom is -0.266 e. The molecule has 1 aromatic heterocycles. The maximum Gasteiger partial charge on any atom is 0.344 e. The molecule has 1 saturated carbocycles. The Labute approximate surface area is 137 Å². The maximum absolute atomic E-state index is 12.1. The number of thioether (sulfide) groups is 1. The Kier molecular flexibility index (Phi) is 3.62. The van der Waals surface area contributed by atoms with Crippen LogP contribution in [0.25, 0.3) is 0 Å². The highest BCUT2D eigenvalue weighted by Crippen LogP contribution is 2.46. The summed E-state index contributed by atoms with van der Waals surface area (Å²) in [5.41, 5.74) is 1.08. The van der Waals surface area contributed by atoms with Crippen molar-refractivity contribution in [3.63, 3.8) is 0 Å². The zero-order valence-electron chi connectivity index (χ0n) is 11.9. The first kappa shape index (κ1) is 14.2. The van der Waals surface area contributed by atoms with E-state index in [0.717, 1.165) is 22.4 Å². The molecular weight excluding hydrogens is 318 g/mol. The van der Waals surface area contributed by atoms with Crippen LogP contribution in [-0.2, 0) is 5.75 Å². The molecule has 2 aromatic rings. The fraction of sp³-hybridized carbons (Fsp3) is 0.375. The topological polar surface area (TPSA) is 50.7 Å². The van der Waals surface area contributed by atoms with Crippen molar-refractivity contribution < 1.29 is 0 Å². The summed E-state index contributed by atoms with van der Waals surface area (Å²) >= 11 is 7.50. The van der Waals surface area contributed by atoms with E-state index in [-0.39, 0.29) is 11.7 Å². The second-order valence-electron chi connectivity index (χ2n) is 5.94. The Morgan fingerprint density at radius 3 is 2.77 bits per heavy atom. The van der Waals surface area contributed by atoms with Crippen molar-refractivity contribution in [3.8, 4) is 0 Å². The van der Waals surface area contributed by atoms with Crippen molar-refractivity contribution in [2.24, 2.45) is 11.8 Å². The summed E-state index contributed by atoms with van der Waals surface area (Å²) in [5, 5.41) is 8.34. The number of halogens is 1. The molecule has 0 unspecified atom stereocenters. The summed E-state index contributed by atoms with van der Waals surface area (Å²) < 4.78 is 1.86. The molecule has 6 heteroatoms. The fourth-order valence-electron chi connectivity index (χ4n) is 3.46. The molecule has 1 aromatic carbocycles. The Hall–Kier alpha value is -1.46. The first-order valence-corrected chi connectivity index (χ1v) is 8.79. The van der Waals surface area contributed by atoms with Crippen LogP contribution in [0.15, 0.2) is 46.4 Å². The molecule has 3 atom stereocenters. The number of nitrogens with zero attached hydrogens (tertiary/aromatic N) is 2. The highest BCUT2D eigenvalue weighted by Gasteiger charge is 2.38. The number of aromatic amines is 1. The number of H-pyrrole nitrogens is 1. The van der Waals surface area contributed by atoms with Crippen LogP contribution in [0.1, 0.15) is 24.4 Å². The molecule has 2 aliphatic rings. The maximum atomic E-state index is 12.1. The van der Waals surface area contributed by atoms with Gasteiger partial charge in [-0.25, -0.2) is 9.89 Å². The molecule has 22 heavy (non-hydrogen) atoms. The Morgan fingerprint density at radius 2 is 2.09 bits per heavy atom. The molecule has 0 amide bonds. The van der Waals surface area contributed by atoms with Gasteiger partial charge in [0.05, 0.1) is 0 Å². The van der Waals surface area contributed by atoms with Gasteiger partial charge >= 0.3 is 5.69 Å². The lowest BCUT2D eigenvalue weighted by atomic mass is 10.0. The van der Waals surface area contributed by atoms with E-state index >= 15 is 0 Å². The van der Waals surface area contributed by atoms with Crippen molar-refractivity contribution >= 4 is 23.4 Å². The predicted molar refractivity (Wildman–Crippen MR) is 88.3 cm³/mol. The Morgan fingerprint density at radius 1 is 1.27 bits per heavy atom. The average Bonchev–Trinajstić information content (AvgIpc) is 3.22. The summed E-state index contributed by atoms with van der Waals surface area (Å²) in [4.78, 5) is 12.1. The second kappa shape index (κ2) is 5.63. The first-order chi connectivity index (χ1) is 10.7. The van der Waals surface area contributed by atoms with Crippen molar-refractivity contribution in [2.75, 3.05) is 0 Å². The standard InChI is InChI=1S/C16H16ClN3OS/c17-13-5-2-10(3-6-13)9-22-16-19-18-15(21)20(16)14-8-11-1-4-12(14)7-11/h1-6,11-12,14H,7-9H2,(H,18,21)/t11-,12+,14-/m0/s1. The van der Waals surface area contributed by atoms with Crippen LogP contribution in [0, 0.1) is 11.8 Å². The van der Waals surface area contributed by atoms with E-state index in [2.05, 4.69) is 22.3 Å². The van der Waals surface area contributed by atoms with Gasteiger partial charge < -0.3 is 0 Å². The largest absolute Gasteiger partial charge is 0.344 e. The Bertz CT molecular complexity index is 764. The van der Waals surface area contributed by atoms with E-state index in [9.17, 15) is 4.79 Å². The lowest BCUT2D eigenvalue weighted by Gasteiger charge is -2.20. The van der Waals surface area contributed by atoms with Crippen LogP contribution in [0.2, 0.25) is 5.02 Å². The molecule has 0 aliphatic heterocycles. The Balaban J connectivity index is 1.54. The van der Waals surface area contributed by atoms with Gasteiger partial charge in [0.1, 0.15) is 0 Å². The zero-order valence-corrected chi connectivity index (χ0v) is 13.5. The van der Waals surface area contributed by atoms with Gasteiger partial charge in [0.15, 0.2) is 5.16 Å². The quantitative estimate of drug-likeness (QED) is 0.686. The minimum atomic E-state index is -0.0930. The van der Waals surface area contributed by atoms with Crippen molar-refractivity contribution in [2.45, 2.75) is 29.8 Å². The van der Waals surface area contributed by atoms with Gasteiger partial charge in [-0.1, -0.05) is 47.6 Å². The van der Waals surface area contributed by atoms with Crippen LogP contribution >= 0.6 is 23.4 Å². The molecular formula is C16H16ClN3OS. The summed E-state index contributed by atoms with van der Waals surface area (Å²) in [5.74, 6) is 1.89. The number of rotatable bonds is 4. The zero-order chi connectivity index (χ0) is 15.1. The number of aromatic nitrogens is 3. The number of hydrogen-bond acceptors (Lipinski definition) is 3. The van der Waals surface area contributed by atoms with Crippen molar-refractivity contribution in [1.29, 1.82) is 0 Å². The normalized spacial score (nSPS) is 26.0. The van der Waals surface area contributed by atoms with Crippen LogP contribution in [0.4, 0.5) is 0 Å². The number of fused-ring (bicyclic) bond motifs is 2. The third-order valence-corrected chi connectivity index (χ3v) is 5.80. The molecule has 1 N–H and O–H groups in total. The second-order valence-corrected chi connectivity index (χ2v) is 7.32. The average molecular weight is 334 g/mol. The molecule has 0 saturated heterocycles. The molecule has 2 bridgehead atoms. The van der Waals surface area contributed by atoms with Gasteiger partial charge in [-0.3, -0.25) is 4.57 Å². The molecule has 0 spiro atoms. The molecule has 2 aliphatic carbocycles. The van der Waals surface area contributed by atoms with E-state index in [1.54, 1.807) is 11.8 Å². The van der Waals surface area contributed by atoms with E-state index in [0.29, 0.717) is 11.8 Å². The van der Waals surface area contributed by atoms with Crippen LogP contribution in [-0.4, -0.2) is 14.8 Å². The van der Waals surface area contributed by atoms with Crippen LogP contribution < -0.4 is 5.69 Å². The lowest BCUT2D eigenvalue weighted by molar-refractivity contribution is 0.396. The number of nitrogens with one attached hydrogen (secondary N) is 1. The van der Waals surface area contributed by atoms with Crippen molar-refractivity contribution in [3.05, 3.63) is 57.5 Å². The van der Waals surface area contributed by atoms with Gasteiger partial charge in [-0.2, -0.15) is 0 Å². The van der Waals surface area contributed by atoms with Gasteiger partial charge in [-0.05, 0) is 42.4 Å². The molecule has 4 rings (SSSR count). The summed E-state index contributed by atoms with van der Waals surface area (Å²) in [6.07, 6.45) is 6.76. The fourth-order valence-corrected chi connectivity index (χ4v) is 4.54. The molecule has 114 valence electrons. The molecule has 0 radical (unpaired) electrons. The van der Waals surface area contributed by atoms with E-state index in [4.69, 9.17) is 11.6 Å². The summed E-state index contributed by atoms with van der Waals surface area (Å²) in [7, 11) is 0. The number of allylic oxidation sites excluding steroid dienone is 2. The molecule has 1 heterocycles. The minimum absolute atomic E-state index is 0.0930. The third-order valence-electron chi connectivity index (χ3n) is 4.53. The van der Waals surface area contributed by atoms with Crippen molar-refractivity contribution in [1.82, 2.24) is 14.8 Å². The number of hydrogen-bond donors (Lipinski definition) is 1. The van der Waals surface area contributed by atoms with Crippen LogP contribution in [0.3, 0.4) is 0 Å². The van der Waals surface area contributed by atoms with Crippen LogP contribution in [0.5, 0.6) is 0 Å². The predicted octanol–water partition coefficient (Wildman–Crippen LogP) is 3.65. The van der Waals surface area contributed by atoms with Gasteiger partial charge in [0.2, 0.25) is 0 Å². The molecule has 1 fully saturated rings. The molecule has 4 nitrogen and oxygen atoms in total. The summed E-state index contributed by atoms with van der Waals surface area (Å²) in [6, 6.07) is 8.04. The summed E-state index contributed by atoms with van der Waals surface area (Å²) in [6.45, 7) is 0.